The van der Waals surface area contributed by atoms with E-state index in [0.717, 1.165) is 16.1 Å². The van der Waals surface area contributed by atoms with Crippen molar-refractivity contribution < 1.29 is 17.7 Å². The molecule has 1 aliphatic heterocycles. The summed E-state index contributed by atoms with van der Waals surface area (Å²) < 4.78 is 37.6. The van der Waals surface area contributed by atoms with Crippen molar-refractivity contribution in [3.8, 4) is 10.4 Å². The predicted molar refractivity (Wildman–Crippen MR) is 88.0 cm³/mol. The average Bonchev–Trinajstić information content (AvgIpc) is 3.04. The molecular formula is C15H20N2O4S2. The highest BCUT2D eigenvalue weighted by atomic mass is 32.2. The van der Waals surface area contributed by atoms with Gasteiger partial charge >= 0.3 is 0 Å². The van der Waals surface area contributed by atoms with Crippen LogP contribution in [0.1, 0.15) is 18.4 Å². The normalized spacial score (nSPS) is 17.4. The molecule has 0 saturated carbocycles. The van der Waals surface area contributed by atoms with Gasteiger partial charge in [-0.2, -0.15) is 4.31 Å². The molecule has 0 amide bonds. The Hall–Kier alpha value is -1.22. The average molecular weight is 356 g/mol. The Balaban J connectivity index is 1.87. The first-order valence-electron chi connectivity index (χ1n) is 7.30. The van der Waals surface area contributed by atoms with E-state index in [1.807, 2.05) is 26.8 Å². The third-order valence-corrected chi connectivity index (χ3v) is 7.40. The lowest BCUT2D eigenvalue weighted by Crippen LogP contribution is -2.49. The molecule has 0 aromatic carbocycles. The largest absolute Gasteiger partial charge is 0.380 e. The highest BCUT2D eigenvalue weighted by molar-refractivity contribution is 7.91. The van der Waals surface area contributed by atoms with E-state index >= 15 is 0 Å². The summed E-state index contributed by atoms with van der Waals surface area (Å²) in [5.74, 6) is 0.695. The maximum absolute atomic E-state index is 12.8. The van der Waals surface area contributed by atoms with E-state index in [2.05, 4.69) is 5.16 Å². The molecule has 3 heterocycles. The van der Waals surface area contributed by atoms with Gasteiger partial charge in [-0.05, 0) is 26.0 Å². The summed E-state index contributed by atoms with van der Waals surface area (Å²) in [6, 6.07) is 3.46. The summed E-state index contributed by atoms with van der Waals surface area (Å²) in [5, 5.41) is 3.92. The van der Waals surface area contributed by atoms with Crippen LogP contribution in [0.4, 0.5) is 0 Å². The smallest absolute Gasteiger partial charge is 0.252 e. The topological polar surface area (TPSA) is 72.6 Å². The number of nitrogens with zero attached hydrogens (tertiary/aromatic N) is 2. The van der Waals surface area contributed by atoms with Crippen LogP contribution in [-0.4, -0.2) is 44.7 Å². The second-order valence-corrected chi connectivity index (χ2v) is 9.74. The van der Waals surface area contributed by atoms with Crippen LogP contribution < -0.4 is 0 Å². The Morgan fingerprint density at radius 3 is 2.57 bits per heavy atom. The lowest BCUT2D eigenvalue weighted by molar-refractivity contribution is -0.106. The van der Waals surface area contributed by atoms with E-state index in [4.69, 9.17) is 9.26 Å². The molecule has 0 bridgehead atoms. The van der Waals surface area contributed by atoms with Gasteiger partial charge in [0.1, 0.15) is 9.97 Å². The minimum Gasteiger partial charge on any atom is -0.380 e. The molecule has 2 aromatic rings. The lowest BCUT2D eigenvalue weighted by atomic mass is 9.89. The Morgan fingerprint density at radius 2 is 2.04 bits per heavy atom. The minimum atomic E-state index is -3.50. The number of aromatic nitrogens is 1. The molecule has 0 aliphatic carbocycles. The van der Waals surface area contributed by atoms with Gasteiger partial charge in [0.25, 0.3) is 10.0 Å². The highest BCUT2D eigenvalue weighted by Crippen LogP contribution is 2.36. The molecule has 1 fully saturated rings. The molecule has 1 aliphatic rings. The van der Waals surface area contributed by atoms with Crippen LogP contribution in [-0.2, 0) is 14.8 Å². The zero-order chi connectivity index (χ0) is 16.8. The van der Waals surface area contributed by atoms with Crippen molar-refractivity contribution in [3.63, 3.8) is 0 Å². The van der Waals surface area contributed by atoms with Crippen LogP contribution in [0.2, 0.25) is 0 Å². The molecule has 0 radical (unpaired) electrons. The number of hydrogen-bond donors (Lipinski definition) is 0. The number of sulfonamides is 1. The molecular weight excluding hydrogens is 336 g/mol. The highest BCUT2D eigenvalue weighted by Gasteiger charge is 2.38. The van der Waals surface area contributed by atoms with Crippen LogP contribution in [0.25, 0.3) is 10.4 Å². The second-order valence-electron chi connectivity index (χ2n) is 6.38. The van der Waals surface area contributed by atoms with E-state index in [1.165, 1.54) is 15.6 Å². The van der Waals surface area contributed by atoms with E-state index in [-0.39, 0.29) is 5.41 Å². The third-order valence-electron chi connectivity index (χ3n) is 4.03. The maximum atomic E-state index is 12.8. The Bertz CT molecular complexity index is 799. The van der Waals surface area contributed by atoms with Gasteiger partial charge < -0.3 is 9.26 Å². The molecule has 6 nitrogen and oxygen atoms in total. The molecule has 126 valence electrons. The predicted octanol–water partition coefficient (Wildman–Crippen LogP) is 2.68. The van der Waals surface area contributed by atoms with Gasteiger partial charge in [0.05, 0.1) is 24.5 Å². The van der Waals surface area contributed by atoms with Crippen molar-refractivity contribution in [2.45, 2.75) is 25.0 Å². The third kappa shape index (κ3) is 2.96. The fourth-order valence-corrected chi connectivity index (χ4v) is 5.73. The van der Waals surface area contributed by atoms with Gasteiger partial charge in [-0.15, -0.1) is 11.3 Å². The molecule has 8 heteroatoms. The van der Waals surface area contributed by atoms with Crippen LogP contribution >= 0.6 is 11.3 Å². The summed E-state index contributed by atoms with van der Waals surface area (Å²) >= 11 is 1.24. The zero-order valence-electron chi connectivity index (χ0n) is 13.6. The molecule has 0 N–H and O–H groups in total. The number of ether oxygens (including phenoxy) is 1. The zero-order valence-corrected chi connectivity index (χ0v) is 15.3. The SMILES string of the molecule is Cc1noc(C)c1-c1ccc(S(=O)(=O)N(C)CC2(C)COC2)s1. The first kappa shape index (κ1) is 16.6. The van der Waals surface area contributed by atoms with Crippen molar-refractivity contribution in [3.05, 3.63) is 23.6 Å². The van der Waals surface area contributed by atoms with Crippen molar-refractivity contribution in [1.82, 2.24) is 9.46 Å². The summed E-state index contributed by atoms with van der Waals surface area (Å²) in [6.45, 7) is 7.36. The Morgan fingerprint density at radius 1 is 1.35 bits per heavy atom. The van der Waals surface area contributed by atoms with E-state index in [0.29, 0.717) is 29.7 Å². The molecule has 3 rings (SSSR count). The number of hydrogen-bond acceptors (Lipinski definition) is 6. The van der Waals surface area contributed by atoms with Crippen molar-refractivity contribution >= 4 is 21.4 Å². The van der Waals surface area contributed by atoms with E-state index in [1.54, 1.807) is 13.1 Å². The summed E-state index contributed by atoms with van der Waals surface area (Å²) in [6.07, 6.45) is 0. The number of rotatable bonds is 5. The quantitative estimate of drug-likeness (QED) is 0.823. The summed E-state index contributed by atoms with van der Waals surface area (Å²) in [4.78, 5) is 0.853. The molecule has 0 atom stereocenters. The molecule has 0 spiro atoms. The van der Waals surface area contributed by atoms with E-state index < -0.39 is 10.0 Å². The van der Waals surface area contributed by atoms with Gasteiger partial charge in [0.2, 0.25) is 0 Å². The van der Waals surface area contributed by atoms with Crippen LogP contribution in [0.5, 0.6) is 0 Å². The fraction of sp³-hybridized carbons (Fsp3) is 0.533. The van der Waals surface area contributed by atoms with Crippen LogP contribution in [0, 0.1) is 19.3 Å². The summed E-state index contributed by atoms with van der Waals surface area (Å²) in [5.41, 5.74) is 1.54. The van der Waals surface area contributed by atoms with Gasteiger partial charge in [-0.1, -0.05) is 12.1 Å². The number of aryl methyl sites for hydroxylation is 2. The lowest BCUT2D eigenvalue weighted by Gasteiger charge is -2.40. The van der Waals surface area contributed by atoms with Crippen molar-refractivity contribution in [2.24, 2.45) is 5.41 Å². The van der Waals surface area contributed by atoms with Gasteiger partial charge in [-0.25, -0.2) is 8.42 Å². The van der Waals surface area contributed by atoms with Crippen molar-refractivity contribution in [2.75, 3.05) is 26.8 Å². The molecule has 2 aromatic heterocycles. The Kier molecular flexibility index (Phi) is 4.12. The molecule has 1 saturated heterocycles. The summed E-state index contributed by atoms with van der Waals surface area (Å²) in [7, 11) is -1.88. The van der Waals surface area contributed by atoms with Crippen LogP contribution in [0.15, 0.2) is 20.9 Å². The Labute approximate surface area is 140 Å². The second kappa shape index (κ2) is 5.70. The molecule has 23 heavy (non-hydrogen) atoms. The van der Waals surface area contributed by atoms with E-state index in [9.17, 15) is 8.42 Å². The maximum Gasteiger partial charge on any atom is 0.252 e. The monoisotopic (exact) mass is 356 g/mol. The van der Waals surface area contributed by atoms with Crippen LogP contribution in [0.3, 0.4) is 0 Å². The first-order valence-corrected chi connectivity index (χ1v) is 9.56. The minimum absolute atomic E-state index is 0.0937. The fourth-order valence-electron chi connectivity index (χ4n) is 2.75. The van der Waals surface area contributed by atoms with Gasteiger partial charge in [0.15, 0.2) is 0 Å². The molecule has 0 unspecified atom stereocenters. The standard InChI is InChI=1S/C15H20N2O4S2/c1-10-14(11(2)21-16-10)12-5-6-13(22-12)23(18,19)17(4)7-15(3)8-20-9-15/h5-6H,7-9H2,1-4H3. The first-order chi connectivity index (χ1) is 10.7. The number of thiophene rings is 1. The van der Waals surface area contributed by atoms with Crippen molar-refractivity contribution in [1.29, 1.82) is 0 Å². The van der Waals surface area contributed by atoms with Gasteiger partial charge in [0, 0.05) is 23.9 Å². The van der Waals surface area contributed by atoms with Gasteiger partial charge in [-0.3, -0.25) is 0 Å².